The highest BCUT2D eigenvalue weighted by Gasteiger charge is 2.03. The molecule has 1 N–H and O–H groups in total. The molecule has 1 amide bonds. The van der Waals surface area contributed by atoms with Crippen LogP contribution in [0, 0.1) is 13.8 Å². The molecule has 0 unspecified atom stereocenters. The Hall–Kier alpha value is -1.94. The first-order valence-corrected chi connectivity index (χ1v) is 9.43. The number of ether oxygens (including phenoxy) is 1. The van der Waals surface area contributed by atoms with Gasteiger partial charge in [0, 0.05) is 5.69 Å². The summed E-state index contributed by atoms with van der Waals surface area (Å²) in [5.41, 5.74) is 3.30. The first-order valence-electron chi connectivity index (χ1n) is 8.28. The van der Waals surface area contributed by atoms with Gasteiger partial charge in [-0.1, -0.05) is 24.3 Å². The predicted octanol–water partition coefficient (Wildman–Crippen LogP) is 4.83. The summed E-state index contributed by atoms with van der Waals surface area (Å²) >= 11 is 1.67. The Bertz CT molecular complexity index is 643. The van der Waals surface area contributed by atoms with Crippen molar-refractivity contribution in [2.24, 2.45) is 0 Å². The maximum absolute atomic E-state index is 11.9. The fourth-order valence-corrected chi connectivity index (χ4v) is 3.00. The van der Waals surface area contributed by atoms with Gasteiger partial charge in [-0.05, 0) is 67.8 Å². The Morgan fingerprint density at radius 3 is 2.58 bits per heavy atom. The van der Waals surface area contributed by atoms with Crippen LogP contribution in [0.25, 0.3) is 0 Å². The number of hydrogen-bond donors (Lipinski definition) is 1. The van der Waals surface area contributed by atoms with E-state index in [1.54, 1.807) is 11.8 Å². The summed E-state index contributed by atoms with van der Waals surface area (Å²) in [6, 6.07) is 15.8. The molecule has 0 aliphatic carbocycles. The third kappa shape index (κ3) is 6.67. The summed E-state index contributed by atoms with van der Waals surface area (Å²) in [7, 11) is 0. The second-order valence-electron chi connectivity index (χ2n) is 5.77. The normalized spacial score (nSPS) is 10.4. The van der Waals surface area contributed by atoms with E-state index >= 15 is 0 Å². The molecule has 2 aromatic carbocycles. The highest BCUT2D eigenvalue weighted by Crippen LogP contribution is 2.15. The molecule has 2 rings (SSSR count). The molecule has 0 bridgehead atoms. The number of amides is 1. The molecule has 0 spiro atoms. The van der Waals surface area contributed by atoms with Crippen LogP contribution in [-0.4, -0.2) is 24.0 Å². The average molecular weight is 343 g/mol. The molecule has 0 radical (unpaired) electrons. The molecule has 128 valence electrons. The van der Waals surface area contributed by atoms with E-state index in [1.165, 1.54) is 11.1 Å². The minimum absolute atomic E-state index is 0.0591. The first kappa shape index (κ1) is 18.4. The van der Waals surface area contributed by atoms with Gasteiger partial charge in [-0.25, -0.2) is 0 Å². The number of nitrogens with one attached hydrogen (secondary N) is 1. The van der Waals surface area contributed by atoms with Crippen molar-refractivity contribution in [2.75, 3.05) is 23.4 Å². The second-order valence-corrected chi connectivity index (χ2v) is 6.87. The minimum atomic E-state index is 0.0591. The number of para-hydroxylation sites is 1. The van der Waals surface area contributed by atoms with Crippen LogP contribution < -0.4 is 10.1 Å². The van der Waals surface area contributed by atoms with Crippen LogP contribution in [0.2, 0.25) is 0 Å². The van der Waals surface area contributed by atoms with Crippen molar-refractivity contribution in [2.45, 2.75) is 26.7 Å². The number of thioether (sulfide) groups is 1. The van der Waals surface area contributed by atoms with Gasteiger partial charge in [-0.2, -0.15) is 11.8 Å². The van der Waals surface area contributed by atoms with Crippen LogP contribution in [0.1, 0.15) is 24.0 Å². The molecule has 2 aromatic rings. The number of carbonyl (C=O) groups is 1. The molecule has 4 heteroatoms. The number of aryl methyl sites for hydroxylation is 2. The molecule has 0 saturated heterocycles. The molecule has 24 heavy (non-hydrogen) atoms. The molecule has 0 heterocycles. The maximum Gasteiger partial charge on any atom is 0.234 e. The van der Waals surface area contributed by atoms with Crippen molar-refractivity contribution < 1.29 is 9.53 Å². The summed E-state index contributed by atoms with van der Waals surface area (Å²) in [6.45, 7) is 4.84. The van der Waals surface area contributed by atoms with Gasteiger partial charge in [-0.3, -0.25) is 4.79 Å². The van der Waals surface area contributed by atoms with Crippen LogP contribution in [0.4, 0.5) is 5.69 Å². The minimum Gasteiger partial charge on any atom is -0.494 e. The van der Waals surface area contributed by atoms with Crippen molar-refractivity contribution in [3.8, 4) is 5.75 Å². The van der Waals surface area contributed by atoms with Gasteiger partial charge in [0.1, 0.15) is 5.75 Å². The van der Waals surface area contributed by atoms with Crippen molar-refractivity contribution in [3.05, 3.63) is 59.7 Å². The number of anilines is 1. The molecule has 0 aromatic heterocycles. The Morgan fingerprint density at radius 1 is 1.04 bits per heavy atom. The van der Waals surface area contributed by atoms with Gasteiger partial charge in [0.15, 0.2) is 0 Å². The molecule has 3 nitrogen and oxygen atoms in total. The van der Waals surface area contributed by atoms with Gasteiger partial charge in [0.25, 0.3) is 0 Å². The Labute approximate surface area is 148 Å². The predicted molar refractivity (Wildman–Crippen MR) is 103 cm³/mol. The summed E-state index contributed by atoms with van der Waals surface area (Å²) in [5.74, 6) is 2.44. The molecular weight excluding hydrogens is 318 g/mol. The van der Waals surface area contributed by atoms with E-state index in [0.29, 0.717) is 5.75 Å². The topological polar surface area (TPSA) is 38.3 Å². The number of unbranched alkanes of at least 4 members (excludes halogenated alkanes) is 1. The SMILES string of the molecule is Cc1ccc(NC(=O)CSCCCCOc2ccccc2)cc1C. The fourth-order valence-electron chi connectivity index (χ4n) is 2.19. The lowest BCUT2D eigenvalue weighted by Crippen LogP contribution is -2.14. The highest BCUT2D eigenvalue weighted by atomic mass is 32.2. The Kier molecular flexibility index (Phi) is 7.69. The zero-order valence-corrected chi connectivity index (χ0v) is 15.2. The quantitative estimate of drug-likeness (QED) is 0.663. The van der Waals surface area contributed by atoms with Crippen LogP contribution in [-0.2, 0) is 4.79 Å². The highest BCUT2D eigenvalue weighted by molar-refractivity contribution is 7.99. The molecule has 0 aliphatic rings. The van der Waals surface area contributed by atoms with Crippen molar-refractivity contribution >= 4 is 23.4 Å². The van der Waals surface area contributed by atoms with E-state index in [9.17, 15) is 4.79 Å². The molecule has 0 atom stereocenters. The average Bonchev–Trinajstić information content (AvgIpc) is 2.58. The van der Waals surface area contributed by atoms with Gasteiger partial charge in [0.2, 0.25) is 5.91 Å². The molecule has 0 fully saturated rings. The zero-order chi connectivity index (χ0) is 17.2. The monoisotopic (exact) mass is 343 g/mol. The van der Waals surface area contributed by atoms with Crippen LogP contribution >= 0.6 is 11.8 Å². The van der Waals surface area contributed by atoms with E-state index < -0.39 is 0 Å². The number of rotatable bonds is 9. The molecule has 0 aliphatic heterocycles. The second kappa shape index (κ2) is 10.0. The lowest BCUT2D eigenvalue weighted by atomic mass is 10.1. The van der Waals surface area contributed by atoms with Gasteiger partial charge < -0.3 is 10.1 Å². The number of benzene rings is 2. The summed E-state index contributed by atoms with van der Waals surface area (Å²) in [5, 5.41) is 2.95. The van der Waals surface area contributed by atoms with E-state index in [-0.39, 0.29) is 5.91 Å². The zero-order valence-electron chi connectivity index (χ0n) is 14.4. The van der Waals surface area contributed by atoms with E-state index in [2.05, 4.69) is 19.2 Å². The van der Waals surface area contributed by atoms with E-state index in [0.717, 1.165) is 36.6 Å². The van der Waals surface area contributed by atoms with Gasteiger partial charge >= 0.3 is 0 Å². The van der Waals surface area contributed by atoms with E-state index in [1.807, 2.05) is 48.5 Å². The van der Waals surface area contributed by atoms with Gasteiger partial charge in [-0.15, -0.1) is 0 Å². The van der Waals surface area contributed by atoms with Crippen molar-refractivity contribution in [1.82, 2.24) is 0 Å². The number of hydrogen-bond acceptors (Lipinski definition) is 3. The lowest BCUT2D eigenvalue weighted by molar-refractivity contribution is -0.113. The summed E-state index contributed by atoms with van der Waals surface area (Å²) in [6.07, 6.45) is 2.05. The third-order valence-corrected chi connectivity index (χ3v) is 4.76. The van der Waals surface area contributed by atoms with Gasteiger partial charge in [0.05, 0.1) is 12.4 Å². The first-order chi connectivity index (χ1) is 11.6. The summed E-state index contributed by atoms with van der Waals surface area (Å²) < 4.78 is 5.64. The van der Waals surface area contributed by atoms with Crippen molar-refractivity contribution in [1.29, 1.82) is 0 Å². The maximum atomic E-state index is 11.9. The standard InChI is InChI=1S/C20H25NO2S/c1-16-10-11-18(14-17(16)2)21-20(22)15-24-13-7-6-12-23-19-8-4-3-5-9-19/h3-5,8-11,14H,6-7,12-13,15H2,1-2H3,(H,21,22). The molecule has 0 saturated carbocycles. The smallest absolute Gasteiger partial charge is 0.234 e. The fraction of sp³-hybridized carbons (Fsp3) is 0.350. The van der Waals surface area contributed by atoms with Crippen molar-refractivity contribution in [3.63, 3.8) is 0 Å². The molecular formula is C20H25NO2S. The third-order valence-electron chi connectivity index (χ3n) is 3.72. The van der Waals surface area contributed by atoms with Crippen LogP contribution in [0.5, 0.6) is 5.75 Å². The number of carbonyl (C=O) groups excluding carboxylic acids is 1. The largest absolute Gasteiger partial charge is 0.494 e. The lowest BCUT2D eigenvalue weighted by Gasteiger charge is -2.08. The van der Waals surface area contributed by atoms with E-state index in [4.69, 9.17) is 4.74 Å². The Balaban J connectivity index is 1.54. The van der Waals surface area contributed by atoms with Crippen LogP contribution in [0.3, 0.4) is 0 Å². The summed E-state index contributed by atoms with van der Waals surface area (Å²) in [4.78, 5) is 11.9. The van der Waals surface area contributed by atoms with Crippen LogP contribution in [0.15, 0.2) is 48.5 Å². The Morgan fingerprint density at radius 2 is 1.83 bits per heavy atom.